The van der Waals surface area contributed by atoms with Crippen LogP contribution in [0.4, 0.5) is 31.8 Å². The maximum atomic E-state index is 13.5. The van der Waals surface area contributed by atoms with Crippen molar-refractivity contribution in [2.24, 2.45) is 0 Å². The van der Waals surface area contributed by atoms with Gasteiger partial charge in [0, 0.05) is 6.07 Å². The van der Waals surface area contributed by atoms with Gasteiger partial charge in [-0.05, 0) is 66.2 Å². The highest BCUT2D eigenvalue weighted by atomic mass is 16.6. The van der Waals surface area contributed by atoms with Gasteiger partial charge < -0.3 is 19.3 Å². The Morgan fingerprint density at radius 2 is 1.39 bits per heavy atom. The van der Waals surface area contributed by atoms with Crippen LogP contribution in [0.1, 0.15) is 58.4 Å². The summed E-state index contributed by atoms with van der Waals surface area (Å²) in [5.41, 5.74) is 0.660. The number of hydrogen-bond acceptors (Lipinski definition) is 8. The van der Waals surface area contributed by atoms with E-state index in [1.807, 2.05) is 49.4 Å². The monoisotopic (exact) mass is 564 g/mol. The van der Waals surface area contributed by atoms with Crippen LogP contribution in [0.3, 0.4) is 0 Å². The van der Waals surface area contributed by atoms with E-state index in [0.29, 0.717) is 5.69 Å². The number of benzene rings is 2. The van der Waals surface area contributed by atoms with Crippen molar-refractivity contribution in [2.75, 3.05) is 9.80 Å². The van der Waals surface area contributed by atoms with Gasteiger partial charge in [-0.25, -0.2) is 24.3 Å². The zero-order valence-electron chi connectivity index (χ0n) is 24.4. The van der Waals surface area contributed by atoms with Gasteiger partial charge in [0.2, 0.25) is 5.95 Å². The SMILES string of the molecule is Cc1ccc(N(C(=O)OC(C)(C)C)c2cc(COCc3ccccc3)nc(N(C(=O)O)C(=O)OC(C)(C)C)n2)cc1. The van der Waals surface area contributed by atoms with E-state index in [-0.39, 0.29) is 29.6 Å². The summed E-state index contributed by atoms with van der Waals surface area (Å²) in [6.45, 7) is 12.1. The van der Waals surface area contributed by atoms with E-state index in [1.54, 1.807) is 53.7 Å². The highest BCUT2D eigenvalue weighted by Gasteiger charge is 2.33. The number of aromatic nitrogens is 2. The lowest BCUT2D eigenvalue weighted by molar-refractivity contribution is 0.0575. The molecule has 0 aliphatic heterocycles. The first kappa shape index (κ1) is 31.0. The van der Waals surface area contributed by atoms with Crippen molar-refractivity contribution in [3.8, 4) is 0 Å². The molecule has 0 saturated heterocycles. The van der Waals surface area contributed by atoms with Crippen LogP contribution in [0.5, 0.6) is 0 Å². The van der Waals surface area contributed by atoms with Gasteiger partial charge in [-0.1, -0.05) is 48.0 Å². The lowest BCUT2D eigenvalue weighted by atomic mass is 10.2. The van der Waals surface area contributed by atoms with Crippen LogP contribution in [0.25, 0.3) is 0 Å². The number of carbonyl (C=O) groups excluding carboxylic acids is 2. The van der Waals surface area contributed by atoms with Crippen LogP contribution >= 0.6 is 0 Å². The quantitative estimate of drug-likeness (QED) is 0.322. The highest BCUT2D eigenvalue weighted by molar-refractivity contribution is 6.07. The average Bonchev–Trinajstić information content (AvgIpc) is 2.84. The Hall–Kier alpha value is -4.51. The summed E-state index contributed by atoms with van der Waals surface area (Å²) in [5.74, 6) is -0.538. The zero-order valence-corrected chi connectivity index (χ0v) is 24.4. The smallest absolute Gasteiger partial charge is 0.427 e. The minimum absolute atomic E-state index is 0.0266. The van der Waals surface area contributed by atoms with Gasteiger partial charge in [-0.2, -0.15) is 4.98 Å². The molecule has 0 unspecified atom stereocenters. The molecule has 3 amide bonds. The van der Waals surface area contributed by atoms with Crippen molar-refractivity contribution in [2.45, 2.75) is 72.9 Å². The first-order valence-electron chi connectivity index (χ1n) is 13.0. The Balaban J connectivity index is 2.13. The maximum Gasteiger partial charge on any atom is 0.427 e. The molecule has 41 heavy (non-hydrogen) atoms. The molecule has 0 fully saturated rings. The van der Waals surface area contributed by atoms with Gasteiger partial charge in [0.05, 0.1) is 24.6 Å². The molecule has 218 valence electrons. The molecule has 0 bridgehead atoms. The summed E-state index contributed by atoms with van der Waals surface area (Å²) < 4.78 is 16.8. The van der Waals surface area contributed by atoms with Crippen molar-refractivity contribution in [3.05, 3.63) is 77.5 Å². The molecule has 11 heteroatoms. The summed E-state index contributed by atoms with van der Waals surface area (Å²) >= 11 is 0. The molecular formula is C30H36N4O7. The van der Waals surface area contributed by atoms with E-state index < -0.39 is 35.4 Å². The molecule has 3 aromatic rings. The van der Waals surface area contributed by atoms with Crippen molar-refractivity contribution < 1.29 is 33.7 Å². The van der Waals surface area contributed by atoms with E-state index in [0.717, 1.165) is 11.1 Å². The fourth-order valence-corrected chi connectivity index (χ4v) is 3.49. The van der Waals surface area contributed by atoms with Crippen LogP contribution < -0.4 is 9.80 Å². The first-order valence-corrected chi connectivity index (χ1v) is 13.0. The Labute approximate surface area is 239 Å². The van der Waals surface area contributed by atoms with Crippen LogP contribution in [0.15, 0.2) is 60.7 Å². The third kappa shape index (κ3) is 9.28. The summed E-state index contributed by atoms with van der Waals surface area (Å²) in [6, 6.07) is 17.9. The summed E-state index contributed by atoms with van der Waals surface area (Å²) in [4.78, 5) is 48.8. The standard InChI is InChI=1S/C30H36N4O7/c1-20-13-15-23(16-14-20)33(27(37)40-29(2,3)4)24-17-22(19-39-18-21-11-9-8-10-12-21)31-25(32-24)34(26(35)36)28(38)41-30(5,6)7/h8-17H,18-19H2,1-7H3,(H,35,36). The van der Waals surface area contributed by atoms with E-state index in [9.17, 15) is 19.5 Å². The van der Waals surface area contributed by atoms with E-state index in [1.165, 1.54) is 11.0 Å². The predicted octanol–water partition coefficient (Wildman–Crippen LogP) is 6.99. The third-order valence-corrected chi connectivity index (χ3v) is 5.18. The Kier molecular flexibility index (Phi) is 9.67. The Bertz CT molecular complexity index is 1360. The van der Waals surface area contributed by atoms with Gasteiger partial charge in [-0.15, -0.1) is 4.90 Å². The zero-order chi connectivity index (χ0) is 30.4. The second kappa shape index (κ2) is 12.8. The minimum atomic E-state index is -1.66. The number of anilines is 3. The molecule has 1 aromatic heterocycles. The molecular weight excluding hydrogens is 528 g/mol. The molecule has 0 atom stereocenters. The number of imide groups is 1. The molecule has 0 saturated carbocycles. The number of hydrogen-bond donors (Lipinski definition) is 1. The normalized spacial score (nSPS) is 11.5. The van der Waals surface area contributed by atoms with Crippen molar-refractivity contribution in [3.63, 3.8) is 0 Å². The average molecular weight is 565 g/mol. The number of rotatable bonds is 7. The van der Waals surface area contributed by atoms with Crippen molar-refractivity contribution >= 4 is 35.7 Å². The first-order chi connectivity index (χ1) is 19.1. The fraction of sp³-hybridized carbons (Fsp3) is 0.367. The molecule has 0 aliphatic rings. The van der Waals surface area contributed by atoms with E-state index in [2.05, 4.69) is 9.97 Å². The molecule has 3 rings (SSSR count). The molecule has 1 N–H and O–H groups in total. The van der Waals surface area contributed by atoms with Crippen LogP contribution in [-0.4, -0.2) is 44.6 Å². The van der Waals surface area contributed by atoms with Crippen molar-refractivity contribution in [1.29, 1.82) is 0 Å². The van der Waals surface area contributed by atoms with Crippen molar-refractivity contribution in [1.82, 2.24) is 9.97 Å². The predicted molar refractivity (Wildman–Crippen MR) is 153 cm³/mol. The number of aryl methyl sites for hydroxylation is 1. The maximum absolute atomic E-state index is 13.5. The molecule has 2 aromatic carbocycles. The molecule has 0 radical (unpaired) electrons. The number of ether oxygens (including phenoxy) is 3. The van der Waals surface area contributed by atoms with Gasteiger partial charge in [0.1, 0.15) is 17.0 Å². The second-order valence-corrected chi connectivity index (χ2v) is 11.2. The highest BCUT2D eigenvalue weighted by Crippen LogP contribution is 2.29. The molecule has 1 heterocycles. The number of carboxylic acid groups (broad SMARTS) is 1. The third-order valence-electron chi connectivity index (χ3n) is 5.18. The Morgan fingerprint density at radius 1 is 0.805 bits per heavy atom. The second-order valence-electron chi connectivity index (χ2n) is 11.2. The Morgan fingerprint density at radius 3 is 1.95 bits per heavy atom. The number of carbonyl (C=O) groups is 3. The van der Waals surface area contributed by atoms with E-state index in [4.69, 9.17) is 14.2 Å². The number of amides is 3. The topological polar surface area (TPSA) is 131 Å². The van der Waals surface area contributed by atoms with Crippen LogP contribution in [0, 0.1) is 6.92 Å². The van der Waals surface area contributed by atoms with Crippen LogP contribution in [0.2, 0.25) is 0 Å². The van der Waals surface area contributed by atoms with Gasteiger partial charge in [0.25, 0.3) is 0 Å². The summed E-state index contributed by atoms with van der Waals surface area (Å²) in [5, 5.41) is 9.96. The lowest BCUT2D eigenvalue weighted by Gasteiger charge is -2.28. The lowest BCUT2D eigenvalue weighted by Crippen LogP contribution is -2.41. The molecule has 0 aliphatic carbocycles. The minimum Gasteiger partial charge on any atom is -0.464 e. The van der Waals surface area contributed by atoms with E-state index >= 15 is 0 Å². The largest absolute Gasteiger partial charge is 0.464 e. The summed E-state index contributed by atoms with van der Waals surface area (Å²) in [6.07, 6.45) is -3.62. The number of nitrogens with zero attached hydrogens (tertiary/aromatic N) is 4. The van der Waals surface area contributed by atoms with Gasteiger partial charge in [-0.3, -0.25) is 0 Å². The summed E-state index contributed by atoms with van der Waals surface area (Å²) in [7, 11) is 0. The molecule has 11 nitrogen and oxygen atoms in total. The van der Waals surface area contributed by atoms with Gasteiger partial charge in [0.15, 0.2) is 0 Å². The van der Waals surface area contributed by atoms with Gasteiger partial charge >= 0.3 is 18.3 Å². The molecule has 0 spiro atoms. The van der Waals surface area contributed by atoms with Crippen LogP contribution in [-0.2, 0) is 27.4 Å². The fourth-order valence-electron chi connectivity index (χ4n) is 3.49.